The van der Waals surface area contributed by atoms with E-state index in [2.05, 4.69) is 47.4 Å². The molecular formula is C35H39ClF2N3O3-. The number of benzene rings is 1. The van der Waals surface area contributed by atoms with Gasteiger partial charge in [0.15, 0.2) is 0 Å². The van der Waals surface area contributed by atoms with E-state index in [1.807, 2.05) is 12.1 Å². The van der Waals surface area contributed by atoms with E-state index >= 15 is 0 Å². The molecule has 1 aliphatic heterocycles. The van der Waals surface area contributed by atoms with Crippen LogP contribution in [0.2, 0.25) is 5.02 Å². The molecule has 1 N–H and O–H groups in total. The van der Waals surface area contributed by atoms with Crippen LogP contribution >= 0.6 is 11.6 Å². The average molecular weight is 623 g/mol. The Balaban J connectivity index is 1.20. The number of hydrogen-bond donors (Lipinski definition) is 1. The number of carboxylic acid groups (broad SMARTS) is 1. The summed E-state index contributed by atoms with van der Waals surface area (Å²) in [5.41, 5.74) is 5.58. The second-order valence-electron chi connectivity index (χ2n) is 12.7. The summed E-state index contributed by atoms with van der Waals surface area (Å²) in [6, 6.07) is 11.4. The average Bonchev–Trinajstić information content (AvgIpc) is 2.99. The van der Waals surface area contributed by atoms with Crippen LogP contribution in [-0.4, -0.2) is 41.9 Å². The van der Waals surface area contributed by atoms with Crippen molar-refractivity contribution < 1.29 is 23.4 Å². The zero-order chi connectivity index (χ0) is 31.3. The number of ether oxygens (including phenoxy) is 1. The van der Waals surface area contributed by atoms with Gasteiger partial charge in [-0.2, -0.15) is 0 Å². The standard InChI is InChI=1S/C35H40ClF2N3O3/c1-35(2)14-11-26(30(19-35)25-4-6-27(36)7-5-25)17-23-12-15-41(16-13-23)22-24-3-9-29(34(42)43)31(18-24)44-28-8-10-33(39-20-28)40-21-32(37)38/h3-10,20,22-23,32H,11-19,21H2,1-2H3,(H,39,40)(H,42,43)/p-1. The van der Waals surface area contributed by atoms with Gasteiger partial charge in [-0.1, -0.05) is 49.2 Å². The number of hydrogen-bond acceptors (Lipinski definition) is 6. The number of aliphatic carboxylic acids is 1. The van der Waals surface area contributed by atoms with Crippen molar-refractivity contribution in [3.05, 3.63) is 94.0 Å². The van der Waals surface area contributed by atoms with Crippen LogP contribution in [0.5, 0.6) is 5.75 Å². The van der Waals surface area contributed by atoms with Crippen molar-refractivity contribution in [3.63, 3.8) is 0 Å². The lowest BCUT2D eigenvalue weighted by atomic mass is 9.70. The van der Waals surface area contributed by atoms with Crippen LogP contribution in [0.1, 0.15) is 64.4 Å². The first-order valence-electron chi connectivity index (χ1n) is 15.2. The van der Waals surface area contributed by atoms with E-state index in [9.17, 15) is 18.7 Å². The number of rotatable bonds is 10. The Kier molecular flexibility index (Phi) is 10.1. The van der Waals surface area contributed by atoms with E-state index in [0.717, 1.165) is 55.8 Å². The molecule has 1 aromatic carbocycles. The fraction of sp³-hybridized carbons (Fsp3) is 0.429. The Bertz CT molecular complexity index is 1460. The minimum atomic E-state index is -2.50. The number of alkyl halides is 2. The van der Waals surface area contributed by atoms with E-state index in [1.54, 1.807) is 17.7 Å². The summed E-state index contributed by atoms with van der Waals surface area (Å²) in [4.78, 5) is 18.2. The number of halogens is 3. The second-order valence-corrected chi connectivity index (χ2v) is 13.1. The number of aromatic nitrogens is 1. The zero-order valence-electron chi connectivity index (χ0n) is 25.3. The Hall–Kier alpha value is -3.65. The minimum absolute atomic E-state index is 0.0267. The minimum Gasteiger partial charge on any atom is -0.545 e. The summed E-state index contributed by atoms with van der Waals surface area (Å²) in [5, 5.41) is 15.1. The molecule has 0 radical (unpaired) electrons. The van der Waals surface area contributed by atoms with E-state index in [1.165, 1.54) is 35.9 Å². The molecule has 0 atom stereocenters. The van der Waals surface area contributed by atoms with Crippen LogP contribution in [0, 0.1) is 11.3 Å². The first-order valence-corrected chi connectivity index (χ1v) is 15.6. The molecule has 3 aliphatic rings. The monoisotopic (exact) mass is 622 g/mol. The van der Waals surface area contributed by atoms with Gasteiger partial charge in [0.1, 0.15) is 17.3 Å². The van der Waals surface area contributed by atoms with Gasteiger partial charge in [-0.15, -0.1) is 0 Å². The fourth-order valence-electron chi connectivity index (χ4n) is 6.24. The fourth-order valence-corrected chi connectivity index (χ4v) is 6.36. The van der Waals surface area contributed by atoms with E-state index < -0.39 is 18.9 Å². The lowest BCUT2D eigenvalue weighted by Gasteiger charge is -2.37. The van der Waals surface area contributed by atoms with Crippen LogP contribution in [0.25, 0.3) is 5.57 Å². The third-order valence-corrected chi connectivity index (χ3v) is 8.93. The van der Waals surface area contributed by atoms with Crippen LogP contribution in [-0.2, 0) is 4.79 Å². The molecule has 2 heterocycles. The number of allylic oxidation sites excluding steroid dienone is 4. The summed E-state index contributed by atoms with van der Waals surface area (Å²) in [6.45, 7) is 6.07. The lowest BCUT2D eigenvalue weighted by molar-refractivity contribution is -0.299. The molecule has 234 valence electrons. The molecule has 0 unspecified atom stereocenters. The van der Waals surface area contributed by atoms with Crippen LogP contribution < -0.4 is 15.2 Å². The Labute approximate surface area is 263 Å². The number of nitrogens with zero attached hydrogens (tertiary/aromatic N) is 2. The Morgan fingerprint density at radius 2 is 1.93 bits per heavy atom. The molecule has 0 saturated carbocycles. The molecule has 0 amide bonds. The molecule has 1 aromatic heterocycles. The molecule has 2 aliphatic carbocycles. The van der Waals surface area contributed by atoms with Gasteiger partial charge in [-0.05, 0) is 96.9 Å². The summed E-state index contributed by atoms with van der Waals surface area (Å²) in [6.07, 6.45) is 11.3. The molecule has 6 nitrogen and oxygen atoms in total. The van der Waals surface area contributed by atoms with Crippen molar-refractivity contribution in [2.75, 3.05) is 25.0 Å². The molecule has 1 fully saturated rings. The molecule has 0 bridgehead atoms. The van der Waals surface area contributed by atoms with Crippen molar-refractivity contribution >= 4 is 29.0 Å². The van der Waals surface area contributed by atoms with Gasteiger partial charge in [0.05, 0.1) is 18.7 Å². The van der Waals surface area contributed by atoms with Crippen molar-refractivity contribution in [1.82, 2.24) is 9.88 Å². The molecule has 44 heavy (non-hydrogen) atoms. The second kappa shape index (κ2) is 14.0. The molecule has 5 rings (SSSR count). The maximum absolute atomic E-state index is 12.4. The van der Waals surface area contributed by atoms with E-state index in [-0.39, 0.29) is 23.6 Å². The molecule has 0 spiro atoms. The highest BCUT2D eigenvalue weighted by molar-refractivity contribution is 6.30. The first kappa shape index (κ1) is 31.8. The molecule has 2 aromatic rings. The quantitative estimate of drug-likeness (QED) is 0.297. The molecule has 1 saturated heterocycles. The normalized spacial score (nSPS) is 20.0. The first-order chi connectivity index (χ1) is 21.0. The zero-order valence-corrected chi connectivity index (χ0v) is 26.0. The topological polar surface area (TPSA) is 77.5 Å². The number of anilines is 1. The Morgan fingerprint density at radius 1 is 1.18 bits per heavy atom. The van der Waals surface area contributed by atoms with Gasteiger partial charge in [0.25, 0.3) is 6.43 Å². The SMILES string of the molecule is CC1(C)CCC(CC2CCN(C=C3C=CC(C(=O)[O-])=C(Oc4ccc(NCC(F)F)nc4)C3)CC2)=C(c2ccc(Cl)cc2)C1. The van der Waals surface area contributed by atoms with Gasteiger partial charge < -0.3 is 24.9 Å². The third kappa shape index (κ3) is 8.50. The van der Waals surface area contributed by atoms with E-state index in [0.29, 0.717) is 17.1 Å². The number of pyridine rings is 1. The number of carbonyl (C=O) groups excluding carboxylic acids is 1. The summed E-state index contributed by atoms with van der Waals surface area (Å²) in [7, 11) is 0. The molecular weight excluding hydrogens is 584 g/mol. The van der Waals surface area contributed by atoms with Gasteiger partial charge in [-0.25, -0.2) is 13.8 Å². The number of nitrogens with one attached hydrogen (secondary N) is 1. The number of carboxylic acids is 1. The van der Waals surface area contributed by atoms with Crippen LogP contribution in [0.4, 0.5) is 14.6 Å². The lowest BCUT2D eigenvalue weighted by Crippen LogP contribution is -2.31. The van der Waals surface area contributed by atoms with Gasteiger partial charge in [0.2, 0.25) is 0 Å². The summed E-state index contributed by atoms with van der Waals surface area (Å²) < 4.78 is 30.8. The van der Waals surface area contributed by atoms with E-state index in [4.69, 9.17) is 16.3 Å². The highest BCUT2D eigenvalue weighted by atomic mass is 35.5. The van der Waals surface area contributed by atoms with Crippen molar-refractivity contribution in [1.29, 1.82) is 0 Å². The van der Waals surface area contributed by atoms with Gasteiger partial charge >= 0.3 is 0 Å². The number of likely N-dealkylation sites (tertiary alicyclic amines) is 1. The number of carbonyl (C=O) groups is 1. The van der Waals surface area contributed by atoms with Crippen molar-refractivity contribution in [2.45, 2.75) is 65.2 Å². The smallest absolute Gasteiger partial charge is 0.255 e. The summed E-state index contributed by atoms with van der Waals surface area (Å²) >= 11 is 6.18. The third-order valence-electron chi connectivity index (χ3n) is 8.67. The number of piperidine rings is 1. The maximum Gasteiger partial charge on any atom is 0.255 e. The van der Waals surface area contributed by atoms with Crippen molar-refractivity contribution in [3.8, 4) is 5.75 Å². The van der Waals surface area contributed by atoms with Gasteiger partial charge in [0, 0.05) is 36.3 Å². The van der Waals surface area contributed by atoms with Crippen molar-refractivity contribution in [2.24, 2.45) is 11.3 Å². The maximum atomic E-state index is 12.4. The predicted octanol–water partition coefficient (Wildman–Crippen LogP) is 7.40. The highest BCUT2D eigenvalue weighted by Gasteiger charge is 2.30. The molecule has 9 heteroatoms. The predicted molar refractivity (Wildman–Crippen MR) is 168 cm³/mol. The van der Waals surface area contributed by atoms with Gasteiger partial charge in [-0.3, -0.25) is 0 Å². The van der Waals surface area contributed by atoms with Crippen LogP contribution in [0.3, 0.4) is 0 Å². The largest absolute Gasteiger partial charge is 0.545 e. The van der Waals surface area contributed by atoms with Crippen LogP contribution in [0.15, 0.2) is 83.4 Å². The Morgan fingerprint density at radius 3 is 2.59 bits per heavy atom. The highest BCUT2D eigenvalue weighted by Crippen LogP contribution is 2.45. The summed E-state index contributed by atoms with van der Waals surface area (Å²) in [5.74, 6) is 0.154.